The van der Waals surface area contributed by atoms with Crippen molar-refractivity contribution in [2.45, 2.75) is 12.8 Å². The number of para-hydroxylation sites is 1. The molecule has 2 N–H and O–H groups in total. The van der Waals surface area contributed by atoms with Crippen molar-refractivity contribution in [3.8, 4) is 0 Å². The molecule has 0 spiro atoms. The van der Waals surface area contributed by atoms with E-state index >= 15 is 0 Å². The monoisotopic (exact) mass is 357 g/mol. The second-order valence-electron chi connectivity index (χ2n) is 6.29. The van der Waals surface area contributed by atoms with Gasteiger partial charge in [0.1, 0.15) is 12.0 Å². The maximum absolute atomic E-state index is 6.53. The number of nitrogens with two attached hydrogens (primary N) is 1. The summed E-state index contributed by atoms with van der Waals surface area (Å²) in [4.78, 5) is 13.2. The molecule has 0 unspecified atom stereocenters. The van der Waals surface area contributed by atoms with Crippen LogP contribution in [-0.2, 0) is 15.9 Å². The third kappa shape index (κ3) is 3.89. The highest BCUT2D eigenvalue weighted by Crippen LogP contribution is 2.37. The van der Waals surface area contributed by atoms with Crippen LogP contribution in [0.15, 0.2) is 30.6 Å². The maximum Gasteiger partial charge on any atom is 0.161 e. The van der Waals surface area contributed by atoms with Gasteiger partial charge in [-0.25, -0.2) is 9.97 Å². The number of anilines is 4. The molecule has 7 heteroatoms. The Morgan fingerprint density at radius 2 is 1.85 bits per heavy atom. The first-order valence-corrected chi connectivity index (χ1v) is 8.95. The van der Waals surface area contributed by atoms with Crippen molar-refractivity contribution in [1.29, 1.82) is 0 Å². The topological polar surface area (TPSA) is 76.7 Å². The SMILES string of the molecule is COCCN(CCOC)c1ncnc(N2CCCc3ccccc32)c1N. The van der Waals surface area contributed by atoms with Crippen molar-refractivity contribution in [2.24, 2.45) is 0 Å². The summed E-state index contributed by atoms with van der Waals surface area (Å²) in [6, 6.07) is 8.43. The largest absolute Gasteiger partial charge is 0.393 e. The summed E-state index contributed by atoms with van der Waals surface area (Å²) < 4.78 is 10.5. The zero-order valence-electron chi connectivity index (χ0n) is 15.5. The molecule has 7 nitrogen and oxygen atoms in total. The van der Waals surface area contributed by atoms with Gasteiger partial charge in [-0.1, -0.05) is 18.2 Å². The molecular formula is C19H27N5O2. The Morgan fingerprint density at radius 1 is 1.12 bits per heavy atom. The molecule has 0 amide bonds. The van der Waals surface area contributed by atoms with E-state index in [4.69, 9.17) is 15.2 Å². The van der Waals surface area contributed by atoms with E-state index in [9.17, 15) is 0 Å². The Labute approximate surface area is 154 Å². The van der Waals surface area contributed by atoms with Crippen molar-refractivity contribution in [1.82, 2.24) is 9.97 Å². The summed E-state index contributed by atoms with van der Waals surface area (Å²) in [5.41, 5.74) is 9.62. The highest BCUT2D eigenvalue weighted by atomic mass is 16.5. The van der Waals surface area contributed by atoms with Crippen LogP contribution < -0.4 is 15.5 Å². The molecule has 26 heavy (non-hydrogen) atoms. The number of aryl methyl sites for hydroxylation is 1. The van der Waals surface area contributed by atoms with E-state index in [-0.39, 0.29) is 0 Å². The second-order valence-corrected chi connectivity index (χ2v) is 6.29. The number of hydrogen-bond acceptors (Lipinski definition) is 7. The average molecular weight is 357 g/mol. The van der Waals surface area contributed by atoms with E-state index < -0.39 is 0 Å². The lowest BCUT2D eigenvalue weighted by atomic mass is 10.0. The molecule has 1 aromatic carbocycles. The van der Waals surface area contributed by atoms with Crippen molar-refractivity contribution < 1.29 is 9.47 Å². The van der Waals surface area contributed by atoms with Crippen LogP contribution in [0.2, 0.25) is 0 Å². The first kappa shape index (κ1) is 18.4. The summed E-state index contributed by atoms with van der Waals surface area (Å²) in [6.07, 6.45) is 3.75. The summed E-state index contributed by atoms with van der Waals surface area (Å²) in [7, 11) is 3.38. The Hall–Kier alpha value is -2.38. The van der Waals surface area contributed by atoms with Gasteiger partial charge in [-0.15, -0.1) is 0 Å². The molecule has 2 heterocycles. The van der Waals surface area contributed by atoms with Crippen LogP contribution in [0.3, 0.4) is 0 Å². The number of fused-ring (bicyclic) bond motifs is 1. The lowest BCUT2D eigenvalue weighted by Gasteiger charge is -2.32. The molecule has 0 fully saturated rings. The number of nitrogen functional groups attached to an aromatic ring is 1. The van der Waals surface area contributed by atoms with Crippen LogP contribution in [0.4, 0.5) is 23.0 Å². The smallest absolute Gasteiger partial charge is 0.161 e. The van der Waals surface area contributed by atoms with Gasteiger partial charge < -0.3 is 25.0 Å². The van der Waals surface area contributed by atoms with Crippen LogP contribution >= 0.6 is 0 Å². The van der Waals surface area contributed by atoms with Crippen molar-refractivity contribution in [3.05, 3.63) is 36.2 Å². The van der Waals surface area contributed by atoms with Crippen molar-refractivity contribution >= 4 is 23.0 Å². The zero-order chi connectivity index (χ0) is 18.4. The average Bonchev–Trinajstić information content (AvgIpc) is 2.68. The molecule has 2 aromatic rings. The van der Waals surface area contributed by atoms with Gasteiger partial charge >= 0.3 is 0 Å². The number of methoxy groups -OCH3 is 2. The van der Waals surface area contributed by atoms with Gasteiger partial charge in [0, 0.05) is 39.5 Å². The number of aromatic nitrogens is 2. The van der Waals surface area contributed by atoms with Gasteiger partial charge in [0.15, 0.2) is 11.6 Å². The Morgan fingerprint density at radius 3 is 2.58 bits per heavy atom. The first-order chi connectivity index (χ1) is 12.8. The lowest BCUT2D eigenvalue weighted by molar-refractivity contribution is 0.190. The van der Waals surface area contributed by atoms with Crippen molar-refractivity contribution in [3.63, 3.8) is 0 Å². The standard InChI is InChI=1S/C19H27N5O2/c1-25-12-10-23(11-13-26-2)18-17(20)19(22-14-21-18)24-9-5-7-15-6-3-4-8-16(15)24/h3-4,6,8,14H,5,7,9-13,20H2,1-2H3. The van der Waals surface area contributed by atoms with Gasteiger partial charge in [0.25, 0.3) is 0 Å². The molecule has 3 rings (SSSR count). The molecule has 0 aliphatic carbocycles. The second kappa shape index (κ2) is 8.82. The van der Waals surface area contributed by atoms with E-state index in [0.29, 0.717) is 32.0 Å². The molecule has 1 aliphatic heterocycles. The predicted octanol–water partition coefficient (Wildman–Crippen LogP) is 2.24. The Balaban J connectivity index is 1.94. The number of benzene rings is 1. The minimum atomic E-state index is 0.592. The fourth-order valence-corrected chi connectivity index (χ4v) is 3.32. The van der Waals surface area contributed by atoms with E-state index in [1.165, 1.54) is 11.3 Å². The maximum atomic E-state index is 6.53. The van der Waals surface area contributed by atoms with Crippen molar-refractivity contribution in [2.75, 3.05) is 62.6 Å². The first-order valence-electron chi connectivity index (χ1n) is 8.95. The molecule has 0 saturated carbocycles. The number of rotatable bonds is 8. The molecular weight excluding hydrogens is 330 g/mol. The van der Waals surface area contributed by atoms with E-state index in [1.54, 1.807) is 20.5 Å². The minimum Gasteiger partial charge on any atom is -0.393 e. The molecule has 0 radical (unpaired) electrons. The summed E-state index contributed by atoms with van der Waals surface area (Å²) in [5, 5.41) is 0. The van der Waals surface area contributed by atoms with Gasteiger partial charge in [0.05, 0.1) is 13.2 Å². The van der Waals surface area contributed by atoms with Crippen LogP contribution in [0.25, 0.3) is 0 Å². The molecule has 0 bridgehead atoms. The fourth-order valence-electron chi connectivity index (χ4n) is 3.32. The van der Waals surface area contributed by atoms with Gasteiger partial charge in [0.2, 0.25) is 0 Å². The van der Waals surface area contributed by atoms with E-state index in [2.05, 4.69) is 44.0 Å². The van der Waals surface area contributed by atoms with Crippen LogP contribution in [0.5, 0.6) is 0 Å². The lowest BCUT2D eigenvalue weighted by Crippen LogP contribution is -2.33. The van der Waals surface area contributed by atoms with Crippen LogP contribution in [-0.4, -0.2) is 57.0 Å². The zero-order valence-corrected chi connectivity index (χ0v) is 15.5. The molecule has 1 aliphatic rings. The fraction of sp³-hybridized carbons (Fsp3) is 0.474. The van der Waals surface area contributed by atoms with Crippen LogP contribution in [0.1, 0.15) is 12.0 Å². The molecule has 1 aromatic heterocycles. The quantitative estimate of drug-likeness (QED) is 0.776. The minimum absolute atomic E-state index is 0.592. The molecule has 0 atom stereocenters. The highest BCUT2D eigenvalue weighted by molar-refractivity contribution is 5.81. The summed E-state index contributed by atoms with van der Waals surface area (Å²) in [5.74, 6) is 1.49. The number of hydrogen-bond donors (Lipinski definition) is 1. The Bertz CT molecular complexity index is 717. The predicted molar refractivity (Wildman–Crippen MR) is 104 cm³/mol. The normalized spacial score (nSPS) is 13.5. The van der Waals surface area contributed by atoms with E-state index in [1.807, 2.05) is 0 Å². The molecule has 0 saturated heterocycles. The summed E-state index contributed by atoms with van der Waals surface area (Å²) >= 11 is 0. The summed E-state index contributed by atoms with van der Waals surface area (Å²) in [6.45, 7) is 3.46. The third-order valence-corrected chi connectivity index (χ3v) is 4.64. The van der Waals surface area contributed by atoms with Gasteiger partial charge in [-0.3, -0.25) is 0 Å². The van der Waals surface area contributed by atoms with Gasteiger partial charge in [-0.05, 0) is 24.5 Å². The third-order valence-electron chi connectivity index (χ3n) is 4.64. The Kier molecular flexibility index (Phi) is 6.25. The molecule has 140 valence electrons. The van der Waals surface area contributed by atoms with Gasteiger partial charge in [-0.2, -0.15) is 0 Å². The number of nitrogens with zero attached hydrogens (tertiary/aromatic N) is 4. The van der Waals surface area contributed by atoms with E-state index in [0.717, 1.165) is 31.0 Å². The highest BCUT2D eigenvalue weighted by Gasteiger charge is 2.23. The number of ether oxygens (including phenoxy) is 2. The van der Waals surface area contributed by atoms with Crippen LogP contribution in [0, 0.1) is 0 Å².